The molecule has 0 amide bonds. The van der Waals surface area contributed by atoms with Crippen molar-refractivity contribution in [2.75, 3.05) is 20.7 Å². The van der Waals surface area contributed by atoms with E-state index in [2.05, 4.69) is 24.8 Å². The molecule has 0 spiro atoms. The second kappa shape index (κ2) is 5.41. The molecule has 19 heavy (non-hydrogen) atoms. The fraction of sp³-hybridized carbons (Fsp3) is 0.312. The molecule has 3 heteroatoms. The normalized spacial score (nSPS) is 17.4. The summed E-state index contributed by atoms with van der Waals surface area (Å²) < 4.78 is 5.35. The third-order valence-electron chi connectivity index (χ3n) is 3.58. The van der Waals surface area contributed by atoms with Crippen LogP contribution in [0.3, 0.4) is 0 Å². The molecule has 0 radical (unpaired) electrons. The average molecular weight is 256 g/mol. The van der Waals surface area contributed by atoms with Gasteiger partial charge >= 0.3 is 0 Å². The highest BCUT2D eigenvalue weighted by Gasteiger charge is 2.17. The highest BCUT2D eigenvalue weighted by atomic mass is 16.5. The van der Waals surface area contributed by atoms with E-state index in [-0.39, 0.29) is 6.10 Å². The van der Waals surface area contributed by atoms with Gasteiger partial charge in [-0.3, -0.25) is 5.41 Å². The maximum Gasteiger partial charge on any atom is 0.0793 e. The molecule has 0 aromatic heterocycles. The Hall–Kier alpha value is -1.87. The van der Waals surface area contributed by atoms with Crippen LogP contribution in [0.5, 0.6) is 0 Å². The zero-order valence-electron chi connectivity index (χ0n) is 11.7. The van der Waals surface area contributed by atoms with Gasteiger partial charge in [0.05, 0.1) is 17.5 Å². The predicted molar refractivity (Wildman–Crippen MR) is 79.3 cm³/mol. The highest BCUT2D eigenvalue weighted by Crippen LogP contribution is 2.25. The van der Waals surface area contributed by atoms with Gasteiger partial charge in [-0.15, -0.1) is 0 Å². The molecule has 2 rings (SSSR count). The summed E-state index contributed by atoms with van der Waals surface area (Å²) in [5.41, 5.74) is 4.69. The van der Waals surface area contributed by atoms with Gasteiger partial charge in [0.2, 0.25) is 0 Å². The minimum absolute atomic E-state index is 0.0799. The number of methoxy groups -OCH3 is 1. The van der Waals surface area contributed by atoms with Crippen molar-refractivity contribution in [3.8, 4) is 0 Å². The van der Waals surface area contributed by atoms with Crippen molar-refractivity contribution < 1.29 is 4.74 Å². The Labute approximate surface area is 114 Å². The third-order valence-corrected chi connectivity index (χ3v) is 3.58. The lowest BCUT2D eigenvalue weighted by molar-refractivity contribution is 0.119. The molecule has 1 aromatic rings. The summed E-state index contributed by atoms with van der Waals surface area (Å²) in [6.45, 7) is 6.72. The lowest BCUT2D eigenvalue weighted by Gasteiger charge is -2.28. The van der Waals surface area contributed by atoms with Crippen molar-refractivity contribution in [3.05, 3.63) is 53.7 Å². The molecule has 1 aromatic carbocycles. The Morgan fingerprint density at radius 3 is 2.79 bits per heavy atom. The first-order valence-electron chi connectivity index (χ1n) is 6.35. The number of nitrogens with zero attached hydrogens (tertiary/aromatic N) is 1. The zero-order valence-corrected chi connectivity index (χ0v) is 11.7. The van der Waals surface area contributed by atoms with Crippen molar-refractivity contribution in [2.45, 2.75) is 13.0 Å². The molecule has 0 aliphatic carbocycles. The molecule has 1 heterocycles. The molecule has 0 fully saturated rings. The van der Waals surface area contributed by atoms with Crippen LogP contribution in [-0.2, 0) is 4.74 Å². The Kier molecular flexibility index (Phi) is 3.86. The van der Waals surface area contributed by atoms with Crippen LogP contribution in [0.25, 0.3) is 5.57 Å². The van der Waals surface area contributed by atoms with Crippen LogP contribution >= 0.6 is 0 Å². The summed E-state index contributed by atoms with van der Waals surface area (Å²) in [5.74, 6) is 0. The van der Waals surface area contributed by atoms with E-state index in [4.69, 9.17) is 10.1 Å². The standard InChI is InChI=1S/C16H20N2O/c1-11-16(17)9-15(10-18(11)3)14-7-5-6-13(8-14)12(2)19-4/h5-9,12,17H,1,10H2,2-4H3. The number of nitrogens with one attached hydrogen (secondary N) is 1. The summed E-state index contributed by atoms with van der Waals surface area (Å²) in [6.07, 6.45) is 1.98. The topological polar surface area (TPSA) is 36.3 Å². The van der Waals surface area contributed by atoms with Crippen molar-refractivity contribution in [3.63, 3.8) is 0 Å². The van der Waals surface area contributed by atoms with Crippen molar-refractivity contribution >= 4 is 11.3 Å². The van der Waals surface area contributed by atoms with E-state index >= 15 is 0 Å². The summed E-state index contributed by atoms with van der Waals surface area (Å²) in [7, 11) is 3.68. The largest absolute Gasteiger partial charge is 0.377 e. The molecule has 1 N–H and O–H groups in total. The van der Waals surface area contributed by atoms with Gasteiger partial charge in [-0.05, 0) is 35.8 Å². The Bertz CT molecular complexity index is 545. The molecular formula is C16H20N2O. The zero-order chi connectivity index (χ0) is 14.0. The van der Waals surface area contributed by atoms with Crippen LogP contribution in [0.1, 0.15) is 24.2 Å². The molecule has 0 bridgehead atoms. The van der Waals surface area contributed by atoms with Crippen LogP contribution in [0.15, 0.2) is 42.6 Å². The monoisotopic (exact) mass is 256 g/mol. The smallest absolute Gasteiger partial charge is 0.0793 e. The van der Waals surface area contributed by atoms with Gasteiger partial charge in [-0.2, -0.15) is 0 Å². The van der Waals surface area contributed by atoms with Crippen LogP contribution in [-0.4, -0.2) is 31.3 Å². The second-order valence-corrected chi connectivity index (χ2v) is 4.89. The molecule has 1 aliphatic rings. The lowest BCUT2D eigenvalue weighted by Crippen LogP contribution is -2.28. The Balaban J connectivity index is 2.35. The van der Waals surface area contributed by atoms with Gasteiger partial charge in [0.15, 0.2) is 0 Å². The van der Waals surface area contributed by atoms with Crippen LogP contribution in [0.2, 0.25) is 0 Å². The fourth-order valence-electron chi connectivity index (χ4n) is 2.16. The van der Waals surface area contributed by atoms with Crippen LogP contribution in [0.4, 0.5) is 0 Å². The molecule has 0 saturated carbocycles. The quantitative estimate of drug-likeness (QED) is 0.901. The highest BCUT2D eigenvalue weighted by molar-refractivity contribution is 6.11. The number of ether oxygens (including phenoxy) is 1. The number of hydrogen-bond acceptors (Lipinski definition) is 3. The number of allylic oxidation sites excluding steroid dienone is 1. The minimum Gasteiger partial charge on any atom is -0.377 e. The molecular weight excluding hydrogens is 236 g/mol. The van der Waals surface area contributed by atoms with Crippen molar-refractivity contribution in [1.29, 1.82) is 5.41 Å². The van der Waals surface area contributed by atoms with Crippen molar-refractivity contribution in [1.82, 2.24) is 4.90 Å². The average Bonchev–Trinajstić information content (AvgIpc) is 2.43. The SMILES string of the molecule is C=C1C(=N)C=C(c2cccc(C(C)OC)c2)CN1C. The second-order valence-electron chi connectivity index (χ2n) is 4.89. The number of hydrogen-bond donors (Lipinski definition) is 1. The Morgan fingerprint density at radius 1 is 1.42 bits per heavy atom. The van der Waals surface area contributed by atoms with E-state index in [1.165, 1.54) is 0 Å². The van der Waals surface area contributed by atoms with Gasteiger partial charge in [-0.25, -0.2) is 0 Å². The molecule has 3 nitrogen and oxygen atoms in total. The van der Waals surface area contributed by atoms with Gasteiger partial charge < -0.3 is 9.64 Å². The van der Waals surface area contributed by atoms with E-state index in [0.29, 0.717) is 5.71 Å². The summed E-state index contributed by atoms with van der Waals surface area (Å²) in [4.78, 5) is 2.00. The summed E-state index contributed by atoms with van der Waals surface area (Å²) in [6, 6.07) is 8.31. The molecule has 1 atom stereocenters. The predicted octanol–water partition coefficient (Wildman–Crippen LogP) is 3.26. The molecule has 0 saturated heterocycles. The number of likely N-dealkylation sites (N-methyl/N-ethyl adjacent to an activating group) is 1. The Morgan fingerprint density at radius 2 is 2.16 bits per heavy atom. The van der Waals surface area contributed by atoms with Gasteiger partial charge in [0.1, 0.15) is 0 Å². The first-order valence-corrected chi connectivity index (χ1v) is 6.35. The van der Waals surface area contributed by atoms with E-state index in [1.807, 2.05) is 31.0 Å². The first kappa shape index (κ1) is 13.6. The van der Waals surface area contributed by atoms with Gasteiger partial charge in [0, 0.05) is 20.7 Å². The fourth-order valence-corrected chi connectivity index (χ4v) is 2.16. The molecule has 1 unspecified atom stereocenters. The van der Waals surface area contributed by atoms with E-state index < -0.39 is 0 Å². The first-order chi connectivity index (χ1) is 9.02. The van der Waals surface area contributed by atoms with Gasteiger partial charge in [-0.1, -0.05) is 24.8 Å². The number of rotatable bonds is 3. The molecule has 1 aliphatic heterocycles. The van der Waals surface area contributed by atoms with Crippen molar-refractivity contribution in [2.24, 2.45) is 0 Å². The third kappa shape index (κ3) is 2.76. The van der Waals surface area contributed by atoms with Crippen LogP contribution in [0, 0.1) is 5.41 Å². The minimum atomic E-state index is 0.0799. The van der Waals surface area contributed by atoms with Crippen LogP contribution < -0.4 is 0 Å². The lowest BCUT2D eigenvalue weighted by atomic mass is 9.96. The maximum atomic E-state index is 7.94. The molecule has 100 valence electrons. The van der Waals surface area contributed by atoms with E-state index in [0.717, 1.165) is 28.9 Å². The number of benzene rings is 1. The summed E-state index contributed by atoms with van der Waals surface area (Å²) in [5, 5.41) is 7.94. The van der Waals surface area contributed by atoms with E-state index in [9.17, 15) is 0 Å². The maximum absolute atomic E-state index is 7.94. The van der Waals surface area contributed by atoms with E-state index in [1.54, 1.807) is 7.11 Å². The summed E-state index contributed by atoms with van der Waals surface area (Å²) >= 11 is 0. The van der Waals surface area contributed by atoms with Gasteiger partial charge in [0.25, 0.3) is 0 Å².